The zero-order valence-corrected chi connectivity index (χ0v) is 19.1. The van der Waals surface area contributed by atoms with Gasteiger partial charge in [0.05, 0.1) is 35.5 Å². The average Bonchev–Trinajstić information content (AvgIpc) is 3.10. The van der Waals surface area contributed by atoms with Crippen LogP contribution in [0.1, 0.15) is 63.8 Å². The zero-order chi connectivity index (χ0) is 21.6. The molecule has 0 radical (unpaired) electrons. The molecule has 2 amide bonds. The minimum atomic E-state index is -0.433. The monoisotopic (exact) mass is 446 g/mol. The van der Waals surface area contributed by atoms with Gasteiger partial charge in [-0.2, -0.15) is 0 Å². The Balaban J connectivity index is 1.48. The molecule has 1 aromatic heterocycles. The summed E-state index contributed by atoms with van der Waals surface area (Å²) in [6.45, 7) is 7.59. The second-order valence-corrected chi connectivity index (χ2v) is 10.1. The van der Waals surface area contributed by atoms with Crippen molar-refractivity contribution in [1.82, 2.24) is 15.2 Å². The predicted octanol–water partition coefficient (Wildman–Crippen LogP) is 5.02. The van der Waals surface area contributed by atoms with E-state index in [0.717, 1.165) is 68.5 Å². The Labute approximate surface area is 187 Å². The fourth-order valence-corrected chi connectivity index (χ4v) is 5.71. The number of benzene rings is 1. The van der Waals surface area contributed by atoms with Crippen molar-refractivity contribution < 1.29 is 13.9 Å². The van der Waals surface area contributed by atoms with Crippen LogP contribution in [0.4, 0.5) is 10.5 Å². The quantitative estimate of drug-likeness (QED) is 0.689. The number of anilines is 1. The van der Waals surface area contributed by atoms with Gasteiger partial charge in [0.2, 0.25) is 5.89 Å². The van der Waals surface area contributed by atoms with Gasteiger partial charge in [0.15, 0.2) is 5.58 Å². The van der Waals surface area contributed by atoms with E-state index in [1.165, 1.54) is 6.42 Å². The fourth-order valence-electron chi connectivity index (χ4n) is 5.47. The molecule has 5 rings (SSSR count). The van der Waals surface area contributed by atoms with Gasteiger partial charge in [0.1, 0.15) is 5.52 Å². The first-order chi connectivity index (χ1) is 14.9. The third-order valence-corrected chi connectivity index (χ3v) is 7.07. The van der Waals surface area contributed by atoms with Gasteiger partial charge in [0, 0.05) is 18.7 Å². The van der Waals surface area contributed by atoms with Gasteiger partial charge in [-0.1, -0.05) is 44.7 Å². The third kappa shape index (κ3) is 4.03. The molecule has 1 saturated carbocycles. The molecule has 1 saturated heterocycles. The van der Waals surface area contributed by atoms with Crippen LogP contribution in [0, 0.1) is 5.92 Å². The molecule has 1 spiro atoms. The molecule has 31 heavy (non-hydrogen) atoms. The number of nitrogens with one attached hydrogen (secondary N) is 2. The highest BCUT2D eigenvalue weighted by Gasteiger charge is 2.44. The van der Waals surface area contributed by atoms with E-state index in [0.29, 0.717) is 29.1 Å². The molecule has 7 nitrogen and oxygen atoms in total. The van der Waals surface area contributed by atoms with Crippen LogP contribution in [-0.2, 0) is 16.8 Å². The average molecular weight is 447 g/mol. The minimum Gasteiger partial charge on any atom is -0.439 e. The Morgan fingerprint density at radius 3 is 2.90 bits per heavy atom. The summed E-state index contributed by atoms with van der Waals surface area (Å²) in [6, 6.07) is 1.62. The van der Waals surface area contributed by atoms with Crippen molar-refractivity contribution in [2.75, 3.05) is 25.0 Å². The molecule has 168 valence electrons. The first-order valence-corrected chi connectivity index (χ1v) is 11.9. The van der Waals surface area contributed by atoms with E-state index in [4.69, 9.17) is 25.7 Å². The molecule has 1 atom stereocenters. The molecule has 1 unspecified atom stereocenters. The third-order valence-electron chi connectivity index (χ3n) is 6.77. The Morgan fingerprint density at radius 2 is 2.13 bits per heavy atom. The van der Waals surface area contributed by atoms with E-state index in [-0.39, 0.29) is 12.1 Å². The number of hydrogen-bond acceptors (Lipinski definition) is 5. The molecular formula is C23H31ClN4O3. The van der Waals surface area contributed by atoms with Crippen molar-refractivity contribution in [3.05, 3.63) is 22.5 Å². The van der Waals surface area contributed by atoms with Crippen molar-refractivity contribution in [3.63, 3.8) is 0 Å². The highest BCUT2D eigenvalue weighted by atomic mass is 35.5. The van der Waals surface area contributed by atoms with Crippen LogP contribution in [0.3, 0.4) is 0 Å². The van der Waals surface area contributed by atoms with Gasteiger partial charge in [0.25, 0.3) is 0 Å². The van der Waals surface area contributed by atoms with Gasteiger partial charge in [-0.05, 0) is 31.2 Å². The molecule has 2 fully saturated rings. The topological polar surface area (TPSA) is 79.6 Å². The first kappa shape index (κ1) is 21.0. The Kier molecular flexibility index (Phi) is 5.61. The first-order valence-electron chi connectivity index (χ1n) is 11.5. The SMILES string of the molecule is CC(C)CC1CN(Cc2nc3cc(Cl)c4c(c3o2)C2(CCCCC2)NC(=O)N4)CCO1. The maximum atomic E-state index is 12.4. The van der Waals surface area contributed by atoms with E-state index in [9.17, 15) is 4.79 Å². The standard InChI is InChI=1S/C23H31ClN4O3/c1-14(2)10-15-12-28(8-9-30-15)13-18-25-17-11-16(24)20-19(21(17)31-18)23(27-22(29)26-20)6-4-3-5-7-23/h11,14-15H,3-10,12-13H2,1-2H3,(H2,26,27,29). The van der Waals surface area contributed by atoms with Crippen LogP contribution in [0.25, 0.3) is 11.1 Å². The van der Waals surface area contributed by atoms with Gasteiger partial charge in [-0.3, -0.25) is 4.90 Å². The summed E-state index contributed by atoms with van der Waals surface area (Å²) in [5.41, 5.74) is 2.71. The summed E-state index contributed by atoms with van der Waals surface area (Å²) >= 11 is 6.61. The number of rotatable bonds is 4. The van der Waals surface area contributed by atoms with Crippen molar-refractivity contribution in [3.8, 4) is 0 Å². The van der Waals surface area contributed by atoms with Gasteiger partial charge >= 0.3 is 6.03 Å². The lowest BCUT2D eigenvalue weighted by atomic mass is 9.74. The normalized spacial score (nSPS) is 23.7. The number of urea groups is 1. The number of carbonyl (C=O) groups is 1. The van der Waals surface area contributed by atoms with Crippen LogP contribution in [0.2, 0.25) is 5.02 Å². The number of aromatic nitrogens is 1. The minimum absolute atomic E-state index is 0.195. The van der Waals surface area contributed by atoms with E-state index >= 15 is 0 Å². The van der Waals surface area contributed by atoms with E-state index in [2.05, 4.69) is 29.4 Å². The largest absolute Gasteiger partial charge is 0.439 e. The number of morpholine rings is 1. The highest BCUT2D eigenvalue weighted by Crippen LogP contribution is 2.48. The lowest BCUT2D eigenvalue weighted by molar-refractivity contribution is -0.0419. The molecule has 2 aromatic rings. The summed E-state index contributed by atoms with van der Waals surface area (Å²) in [5.74, 6) is 1.30. The number of nitrogens with zero attached hydrogens (tertiary/aromatic N) is 2. The molecule has 3 aliphatic rings. The fraction of sp³-hybridized carbons (Fsp3) is 0.652. The number of amides is 2. The second kappa shape index (κ2) is 8.26. The lowest BCUT2D eigenvalue weighted by Gasteiger charge is -2.42. The second-order valence-electron chi connectivity index (χ2n) is 9.64. The molecule has 1 aliphatic carbocycles. The maximum Gasteiger partial charge on any atom is 0.319 e. The molecule has 2 aliphatic heterocycles. The van der Waals surface area contributed by atoms with Crippen LogP contribution in [-0.4, -0.2) is 41.7 Å². The Bertz CT molecular complexity index is 983. The number of carbonyl (C=O) groups excluding carboxylic acids is 1. The number of oxazole rings is 1. The molecule has 8 heteroatoms. The van der Waals surface area contributed by atoms with Gasteiger partial charge in [-0.25, -0.2) is 9.78 Å². The van der Waals surface area contributed by atoms with Crippen molar-refractivity contribution in [1.29, 1.82) is 0 Å². The van der Waals surface area contributed by atoms with Gasteiger partial charge in [-0.15, -0.1) is 0 Å². The summed E-state index contributed by atoms with van der Waals surface area (Å²) < 4.78 is 12.3. The molecule has 1 aromatic carbocycles. The molecule has 0 bridgehead atoms. The van der Waals surface area contributed by atoms with Crippen molar-refractivity contribution in [2.45, 2.75) is 70.6 Å². The number of halogens is 1. The number of ether oxygens (including phenoxy) is 1. The summed E-state index contributed by atoms with van der Waals surface area (Å²) in [7, 11) is 0. The van der Waals surface area contributed by atoms with E-state index in [1.54, 1.807) is 0 Å². The van der Waals surface area contributed by atoms with Crippen LogP contribution in [0.15, 0.2) is 10.5 Å². The maximum absolute atomic E-state index is 12.4. The van der Waals surface area contributed by atoms with Crippen LogP contribution in [0.5, 0.6) is 0 Å². The molecule has 3 heterocycles. The number of fused-ring (bicyclic) bond motifs is 4. The van der Waals surface area contributed by atoms with Crippen molar-refractivity contribution >= 4 is 34.4 Å². The van der Waals surface area contributed by atoms with Gasteiger partial charge < -0.3 is 19.8 Å². The van der Waals surface area contributed by atoms with E-state index in [1.807, 2.05) is 6.07 Å². The summed E-state index contributed by atoms with van der Waals surface area (Å²) in [6.07, 6.45) is 6.41. The predicted molar refractivity (Wildman–Crippen MR) is 120 cm³/mol. The molecule has 2 N–H and O–H groups in total. The summed E-state index contributed by atoms with van der Waals surface area (Å²) in [4.78, 5) is 19.6. The smallest absolute Gasteiger partial charge is 0.319 e. The highest BCUT2D eigenvalue weighted by molar-refractivity contribution is 6.35. The summed E-state index contributed by atoms with van der Waals surface area (Å²) in [5, 5.41) is 6.63. The van der Waals surface area contributed by atoms with Crippen molar-refractivity contribution in [2.24, 2.45) is 5.92 Å². The zero-order valence-electron chi connectivity index (χ0n) is 18.3. The Hall–Kier alpha value is -1.83. The molecular weight excluding hydrogens is 416 g/mol. The van der Waals surface area contributed by atoms with Crippen LogP contribution < -0.4 is 10.6 Å². The Morgan fingerprint density at radius 1 is 1.32 bits per heavy atom. The van der Waals surface area contributed by atoms with E-state index < -0.39 is 5.54 Å². The number of hydrogen-bond donors (Lipinski definition) is 2. The lowest BCUT2D eigenvalue weighted by Crippen LogP contribution is -2.52. The van der Waals surface area contributed by atoms with Crippen LogP contribution >= 0.6 is 11.6 Å².